The van der Waals surface area contributed by atoms with E-state index in [1.165, 1.54) is 18.2 Å². The molecule has 0 aliphatic carbocycles. The molecule has 1 aromatic heterocycles. The fraction of sp³-hybridized carbons (Fsp3) is 0.200. The van der Waals surface area contributed by atoms with E-state index in [1.54, 1.807) is 24.9 Å². The fourth-order valence-corrected chi connectivity index (χ4v) is 1.89. The molecule has 0 saturated heterocycles. The zero-order valence-electron chi connectivity index (χ0n) is 11.8. The summed E-state index contributed by atoms with van der Waals surface area (Å²) >= 11 is 0. The van der Waals surface area contributed by atoms with Crippen molar-refractivity contribution in [1.82, 2.24) is 9.78 Å². The van der Waals surface area contributed by atoms with Crippen LogP contribution in [-0.4, -0.2) is 22.2 Å². The normalized spacial score (nSPS) is 9.90. The number of amides is 1. The SMILES string of the molecule is Cc1nn(C)cc1C(=O)Nc1ccc(F)cc1C#CCN. The maximum Gasteiger partial charge on any atom is 0.259 e. The van der Waals surface area contributed by atoms with E-state index in [1.807, 2.05) is 0 Å². The number of carbonyl (C=O) groups is 1. The van der Waals surface area contributed by atoms with E-state index in [0.717, 1.165) is 0 Å². The van der Waals surface area contributed by atoms with Crippen LogP contribution in [0.1, 0.15) is 21.6 Å². The first-order chi connectivity index (χ1) is 10.0. The molecule has 0 spiro atoms. The highest BCUT2D eigenvalue weighted by Crippen LogP contribution is 2.18. The summed E-state index contributed by atoms with van der Waals surface area (Å²) in [5.41, 5.74) is 7.21. The Morgan fingerprint density at radius 1 is 1.52 bits per heavy atom. The maximum atomic E-state index is 13.3. The highest BCUT2D eigenvalue weighted by molar-refractivity contribution is 6.05. The van der Waals surface area contributed by atoms with Crippen molar-refractivity contribution in [2.45, 2.75) is 6.92 Å². The molecule has 21 heavy (non-hydrogen) atoms. The van der Waals surface area contributed by atoms with Gasteiger partial charge in [-0.15, -0.1) is 0 Å². The van der Waals surface area contributed by atoms with Crippen LogP contribution in [0.2, 0.25) is 0 Å². The van der Waals surface area contributed by atoms with Crippen molar-refractivity contribution >= 4 is 11.6 Å². The Hall–Kier alpha value is -2.65. The number of hydrogen-bond donors (Lipinski definition) is 2. The molecular weight excluding hydrogens is 271 g/mol. The predicted molar refractivity (Wildman–Crippen MR) is 78.2 cm³/mol. The average molecular weight is 286 g/mol. The standard InChI is InChI=1S/C15H15FN4O/c1-10-13(9-20(2)19-10)15(21)18-14-6-5-12(16)8-11(14)4-3-7-17/h5-6,8-9H,7,17H2,1-2H3,(H,18,21). The smallest absolute Gasteiger partial charge is 0.259 e. The summed E-state index contributed by atoms with van der Waals surface area (Å²) in [6.07, 6.45) is 1.62. The second-order valence-electron chi connectivity index (χ2n) is 4.45. The van der Waals surface area contributed by atoms with E-state index < -0.39 is 5.82 Å². The number of nitrogens with one attached hydrogen (secondary N) is 1. The van der Waals surface area contributed by atoms with Crippen molar-refractivity contribution in [3.8, 4) is 11.8 Å². The lowest BCUT2D eigenvalue weighted by Crippen LogP contribution is -2.13. The molecule has 5 nitrogen and oxygen atoms in total. The molecule has 0 radical (unpaired) electrons. The zero-order valence-corrected chi connectivity index (χ0v) is 11.8. The minimum absolute atomic E-state index is 0.158. The summed E-state index contributed by atoms with van der Waals surface area (Å²) in [4.78, 5) is 12.2. The van der Waals surface area contributed by atoms with Crippen LogP contribution in [-0.2, 0) is 7.05 Å². The minimum Gasteiger partial charge on any atom is -0.321 e. The van der Waals surface area contributed by atoms with Gasteiger partial charge >= 0.3 is 0 Å². The number of nitrogens with two attached hydrogens (primary N) is 1. The largest absolute Gasteiger partial charge is 0.321 e. The van der Waals surface area contributed by atoms with Crippen LogP contribution in [0.3, 0.4) is 0 Å². The number of benzene rings is 1. The van der Waals surface area contributed by atoms with Crippen LogP contribution in [0.5, 0.6) is 0 Å². The Bertz CT molecular complexity index is 740. The van der Waals surface area contributed by atoms with Crippen molar-refractivity contribution in [2.75, 3.05) is 11.9 Å². The Morgan fingerprint density at radius 3 is 2.90 bits per heavy atom. The Morgan fingerprint density at radius 2 is 2.29 bits per heavy atom. The number of aryl methyl sites for hydroxylation is 2. The van der Waals surface area contributed by atoms with Crippen LogP contribution in [0.15, 0.2) is 24.4 Å². The van der Waals surface area contributed by atoms with Gasteiger partial charge in [-0.2, -0.15) is 5.10 Å². The third-order valence-corrected chi connectivity index (χ3v) is 2.81. The molecule has 0 saturated carbocycles. The lowest BCUT2D eigenvalue weighted by atomic mass is 10.1. The lowest BCUT2D eigenvalue weighted by molar-refractivity contribution is 0.102. The molecule has 6 heteroatoms. The van der Waals surface area contributed by atoms with Crippen molar-refractivity contribution < 1.29 is 9.18 Å². The van der Waals surface area contributed by atoms with Gasteiger partial charge in [0.15, 0.2) is 0 Å². The Labute approximate surface area is 122 Å². The van der Waals surface area contributed by atoms with Crippen LogP contribution in [0, 0.1) is 24.6 Å². The number of anilines is 1. The molecule has 0 fully saturated rings. The highest BCUT2D eigenvalue weighted by atomic mass is 19.1. The zero-order chi connectivity index (χ0) is 15.4. The van der Waals surface area contributed by atoms with Gasteiger partial charge in [0, 0.05) is 13.2 Å². The molecule has 0 unspecified atom stereocenters. The Balaban J connectivity index is 2.31. The summed E-state index contributed by atoms with van der Waals surface area (Å²) in [5, 5.41) is 6.83. The summed E-state index contributed by atoms with van der Waals surface area (Å²) in [6.45, 7) is 1.90. The van der Waals surface area contributed by atoms with Gasteiger partial charge in [0.2, 0.25) is 0 Å². The number of halogens is 1. The molecule has 1 amide bonds. The molecule has 0 atom stereocenters. The van der Waals surface area contributed by atoms with E-state index in [-0.39, 0.29) is 12.5 Å². The second-order valence-corrected chi connectivity index (χ2v) is 4.45. The van der Waals surface area contributed by atoms with Crippen LogP contribution in [0.25, 0.3) is 0 Å². The second kappa shape index (κ2) is 6.20. The van der Waals surface area contributed by atoms with Gasteiger partial charge in [0.25, 0.3) is 5.91 Å². The molecule has 1 heterocycles. The number of carbonyl (C=O) groups excluding carboxylic acids is 1. The van der Waals surface area contributed by atoms with Crippen LogP contribution < -0.4 is 11.1 Å². The van der Waals surface area contributed by atoms with Gasteiger partial charge in [0.1, 0.15) is 5.82 Å². The first-order valence-electron chi connectivity index (χ1n) is 6.31. The van der Waals surface area contributed by atoms with Gasteiger partial charge in [-0.05, 0) is 25.1 Å². The summed E-state index contributed by atoms with van der Waals surface area (Å²) in [6, 6.07) is 3.99. The third-order valence-electron chi connectivity index (χ3n) is 2.81. The van der Waals surface area contributed by atoms with Crippen molar-refractivity contribution in [3.63, 3.8) is 0 Å². The van der Waals surface area contributed by atoms with E-state index in [0.29, 0.717) is 22.5 Å². The van der Waals surface area contributed by atoms with Gasteiger partial charge < -0.3 is 11.1 Å². The number of aromatic nitrogens is 2. The molecule has 108 valence electrons. The number of hydrogen-bond acceptors (Lipinski definition) is 3. The topological polar surface area (TPSA) is 72.9 Å². The van der Waals surface area contributed by atoms with Gasteiger partial charge in [0.05, 0.1) is 29.1 Å². The first-order valence-corrected chi connectivity index (χ1v) is 6.31. The number of nitrogens with zero attached hydrogens (tertiary/aromatic N) is 2. The Kier molecular flexibility index (Phi) is 4.36. The molecule has 0 bridgehead atoms. The van der Waals surface area contributed by atoms with E-state index in [2.05, 4.69) is 22.3 Å². The molecule has 0 aliphatic heterocycles. The van der Waals surface area contributed by atoms with Crippen molar-refractivity contribution in [1.29, 1.82) is 0 Å². The van der Waals surface area contributed by atoms with Gasteiger partial charge in [-0.25, -0.2) is 4.39 Å². The van der Waals surface area contributed by atoms with E-state index in [4.69, 9.17) is 5.73 Å². The predicted octanol–water partition coefficient (Wildman–Crippen LogP) is 1.43. The quantitative estimate of drug-likeness (QED) is 0.820. The monoisotopic (exact) mass is 286 g/mol. The third kappa shape index (κ3) is 3.46. The first kappa shape index (κ1) is 14.8. The molecule has 0 aliphatic rings. The lowest BCUT2D eigenvalue weighted by Gasteiger charge is -2.07. The van der Waals surface area contributed by atoms with Crippen LogP contribution in [0.4, 0.5) is 10.1 Å². The van der Waals surface area contributed by atoms with E-state index in [9.17, 15) is 9.18 Å². The molecule has 2 rings (SSSR count). The van der Waals surface area contributed by atoms with Crippen LogP contribution >= 0.6 is 0 Å². The molecule has 1 aromatic carbocycles. The summed E-state index contributed by atoms with van der Waals surface area (Å²) in [5.74, 6) is 4.64. The molecular formula is C15H15FN4O. The van der Waals surface area contributed by atoms with Crippen molar-refractivity contribution in [3.05, 3.63) is 47.0 Å². The minimum atomic E-state index is -0.424. The summed E-state index contributed by atoms with van der Waals surface area (Å²) < 4.78 is 14.8. The summed E-state index contributed by atoms with van der Waals surface area (Å²) in [7, 11) is 1.74. The van der Waals surface area contributed by atoms with Gasteiger partial charge in [-0.1, -0.05) is 11.8 Å². The molecule has 3 N–H and O–H groups in total. The van der Waals surface area contributed by atoms with Gasteiger partial charge in [-0.3, -0.25) is 9.48 Å². The number of rotatable bonds is 2. The molecule has 2 aromatic rings. The fourth-order valence-electron chi connectivity index (χ4n) is 1.89. The van der Waals surface area contributed by atoms with E-state index >= 15 is 0 Å². The maximum absolute atomic E-state index is 13.3. The highest BCUT2D eigenvalue weighted by Gasteiger charge is 2.14. The van der Waals surface area contributed by atoms with Crippen molar-refractivity contribution in [2.24, 2.45) is 12.8 Å². The average Bonchev–Trinajstić information content (AvgIpc) is 2.78.